The van der Waals surface area contributed by atoms with Crippen LogP contribution in [0.1, 0.15) is 68.4 Å². The monoisotopic (exact) mass is 352 g/mol. The number of rotatable bonds is 5. The van der Waals surface area contributed by atoms with E-state index < -0.39 is 0 Å². The molecule has 0 spiro atoms. The van der Waals surface area contributed by atoms with Crippen LogP contribution < -0.4 is 10.2 Å². The highest BCUT2D eigenvalue weighted by molar-refractivity contribution is 5.55. The number of anilines is 2. The summed E-state index contributed by atoms with van der Waals surface area (Å²) in [5.74, 6) is 3.50. The van der Waals surface area contributed by atoms with Crippen molar-refractivity contribution >= 4 is 11.6 Å². The minimum absolute atomic E-state index is 0.0312. The Labute approximate surface area is 155 Å². The largest absolute Gasteiger partial charge is 0.394 e. The summed E-state index contributed by atoms with van der Waals surface area (Å²) >= 11 is 0. The molecular formula is C21H28N4O. The molecule has 5 heteroatoms. The summed E-state index contributed by atoms with van der Waals surface area (Å²) < 4.78 is 0. The van der Waals surface area contributed by atoms with Crippen molar-refractivity contribution in [2.75, 3.05) is 23.4 Å². The first kappa shape index (κ1) is 17.3. The van der Waals surface area contributed by atoms with Crippen molar-refractivity contribution in [3.05, 3.63) is 47.3 Å². The van der Waals surface area contributed by atoms with Crippen molar-refractivity contribution in [2.45, 2.75) is 57.5 Å². The highest BCUT2D eigenvalue weighted by Gasteiger charge is 2.38. The third kappa shape index (κ3) is 3.05. The molecule has 1 aromatic carbocycles. The molecule has 26 heavy (non-hydrogen) atoms. The number of benzene rings is 1. The van der Waals surface area contributed by atoms with Crippen LogP contribution in [0.25, 0.3) is 0 Å². The van der Waals surface area contributed by atoms with Gasteiger partial charge in [-0.1, -0.05) is 38.1 Å². The third-order valence-corrected chi connectivity index (χ3v) is 5.59. The number of aromatic nitrogens is 2. The Kier molecular flexibility index (Phi) is 4.57. The van der Waals surface area contributed by atoms with Crippen LogP contribution in [-0.4, -0.2) is 34.3 Å². The van der Waals surface area contributed by atoms with E-state index in [1.807, 2.05) is 13.0 Å². The second-order valence-electron chi connectivity index (χ2n) is 7.92. The molecule has 0 saturated carbocycles. The number of fused-ring (bicyclic) bond motifs is 2. The topological polar surface area (TPSA) is 61.3 Å². The smallest absolute Gasteiger partial charge is 0.135 e. The van der Waals surface area contributed by atoms with Gasteiger partial charge >= 0.3 is 0 Å². The number of hydrogen-bond acceptors (Lipinski definition) is 5. The van der Waals surface area contributed by atoms with E-state index in [1.165, 1.54) is 24.0 Å². The van der Waals surface area contributed by atoms with Gasteiger partial charge in [-0.3, -0.25) is 0 Å². The lowest BCUT2D eigenvalue weighted by Gasteiger charge is -2.47. The van der Waals surface area contributed by atoms with Gasteiger partial charge in [0.25, 0.3) is 0 Å². The van der Waals surface area contributed by atoms with E-state index in [9.17, 15) is 5.11 Å². The zero-order valence-corrected chi connectivity index (χ0v) is 15.8. The molecule has 1 aromatic heterocycles. The van der Waals surface area contributed by atoms with Gasteiger partial charge in [0.15, 0.2) is 0 Å². The van der Waals surface area contributed by atoms with Gasteiger partial charge in [-0.25, -0.2) is 9.97 Å². The molecule has 1 saturated heterocycles. The van der Waals surface area contributed by atoms with Gasteiger partial charge in [-0.15, -0.1) is 0 Å². The number of nitrogens with zero attached hydrogens (tertiary/aromatic N) is 3. The molecule has 0 unspecified atom stereocenters. The average molecular weight is 352 g/mol. The quantitative estimate of drug-likeness (QED) is 0.856. The molecule has 3 heterocycles. The number of aliphatic hydroxyl groups is 1. The molecule has 5 rings (SSSR count). The van der Waals surface area contributed by atoms with Crippen LogP contribution >= 0.6 is 0 Å². The highest BCUT2D eigenvalue weighted by atomic mass is 16.3. The second-order valence-corrected chi connectivity index (χ2v) is 7.92. The van der Waals surface area contributed by atoms with Crippen LogP contribution in [0.3, 0.4) is 0 Å². The molecular weight excluding hydrogens is 324 g/mol. The summed E-state index contributed by atoms with van der Waals surface area (Å²) in [7, 11) is 0. The van der Waals surface area contributed by atoms with Gasteiger partial charge in [-0.05, 0) is 30.9 Å². The first-order chi connectivity index (χ1) is 12.6. The van der Waals surface area contributed by atoms with Crippen LogP contribution in [0.15, 0.2) is 30.3 Å². The van der Waals surface area contributed by atoms with Gasteiger partial charge in [0.05, 0.1) is 12.6 Å². The zero-order chi connectivity index (χ0) is 18.3. The molecule has 1 fully saturated rings. The Morgan fingerprint density at radius 3 is 2.65 bits per heavy atom. The van der Waals surface area contributed by atoms with Crippen molar-refractivity contribution in [3.8, 4) is 0 Å². The van der Waals surface area contributed by atoms with Gasteiger partial charge in [-0.2, -0.15) is 0 Å². The summed E-state index contributed by atoms with van der Waals surface area (Å²) in [5, 5.41) is 12.7. The number of aliphatic hydroxyl groups excluding tert-OH is 1. The molecule has 3 aliphatic rings. The lowest BCUT2D eigenvalue weighted by molar-refractivity contribution is 0.281. The van der Waals surface area contributed by atoms with Crippen LogP contribution in [0.5, 0.6) is 0 Å². The van der Waals surface area contributed by atoms with E-state index in [0.29, 0.717) is 12.0 Å². The summed E-state index contributed by atoms with van der Waals surface area (Å²) in [4.78, 5) is 12.0. The molecule has 2 aromatic rings. The molecule has 5 nitrogen and oxygen atoms in total. The van der Waals surface area contributed by atoms with E-state index in [0.717, 1.165) is 24.0 Å². The summed E-state index contributed by atoms with van der Waals surface area (Å²) in [5.41, 5.74) is 2.98. The van der Waals surface area contributed by atoms with E-state index >= 15 is 0 Å². The lowest BCUT2D eigenvalue weighted by Crippen LogP contribution is -2.43. The van der Waals surface area contributed by atoms with E-state index in [1.54, 1.807) is 0 Å². The molecule has 2 bridgehead atoms. The SMILES string of the molecule is CC(C)c1nc(N[C@@H](C)CO)cc(N2C[C@H]3CC[C@H]2c2ccccc23)n1. The third-order valence-electron chi connectivity index (χ3n) is 5.59. The van der Waals surface area contributed by atoms with Crippen LogP contribution in [-0.2, 0) is 0 Å². The van der Waals surface area contributed by atoms with Crippen molar-refractivity contribution < 1.29 is 5.11 Å². The Morgan fingerprint density at radius 2 is 1.92 bits per heavy atom. The molecule has 2 N–H and O–H groups in total. The standard InChI is InChI=1S/C21H28N4O/c1-13(2)21-23-19(22-14(3)12-26)10-20(24-21)25-11-15-8-9-18(25)17-7-5-4-6-16(15)17/h4-7,10,13-15,18,26H,8-9,11-12H2,1-3H3,(H,22,23,24)/t14-,15+,18-/m0/s1. The number of piperidine rings is 1. The Balaban J connectivity index is 1.72. The fourth-order valence-electron chi connectivity index (χ4n) is 4.22. The summed E-state index contributed by atoms with van der Waals surface area (Å²) in [6, 6.07) is 11.3. The van der Waals surface area contributed by atoms with E-state index in [-0.39, 0.29) is 18.6 Å². The van der Waals surface area contributed by atoms with Gasteiger partial charge in [0.2, 0.25) is 0 Å². The lowest BCUT2D eigenvalue weighted by atomic mass is 9.75. The van der Waals surface area contributed by atoms with E-state index in [4.69, 9.17) is 4.98 Å². The summed E-state index contributed by atoms with van der Waals surface area (Å²) in [6.07, 6.45) is 2.44. The minimum atomic E-state index is -0.0312. The zero-order valence-electron chi connectivity index (χ0n) is 15.8. The van der Waals surface area contributed by atoms with Crippen LogP contribution in [0, 0.1) is 0 Å². The van der Waals surface area contributed by atoms with Gasteiger partial charge in [0.1, 0.15) is 17.5 Å². The van der Waals surface area contributed by atoms with Gasteiger partial charge < -0.3 is 15.3 Å². The van der Waals surface area contributed by atoms with Crippen LogP contribution in [0.4, 0.5) is 11.6 Å². The van der Waals surface area contributed by atoms with Crippen LogP contribution in [0.2, 0.25) is 0 Å². The maximum absolute atomic E-state index is 9.37. The fourth-order valence-corrected chi connectivity index (χ4v) is 4.22. The molecule has 0 radical (unpaired) electrons. The van der Waals surface area contributed by atoms with E-state index in [2.05, 4.69) is 53.3 Å². The fraction of sp³-hybridized carbons (Fsp3) is 0.524. The van der Waals surface area contributed by atoms with Crippen molar-refractivity contribution in [3.63, 3.8) is 0 Å². The average Bonchev–Trinajstić information content (AvgIpc) is 2.68. The van der Waals surface area contributed by atoms with Gasteiger partial charge in [0, 0.05) is 30.5 Å². The molecule has 3 atom stereocenters. The molecule has 138 valence electrons. The Morgan fingerprint density at radius 1 is 1.15 bits per heavy atom. The number of hydrogen-bond donors (Lipinski definition) is 2. The van der Waals surface area contributed by atoms with Crippen molar-refractivity contribution in [1.29, 1.82) is 0 Å². The van der Waals surface area contributed by atoms with Crippen molar-refractivity contribution in [2.24, 2.45) is 0 Å². The molecule has 1 aliphatic carbocycles. The first-order valence-corrected chi connectivity index (χ1v) is 9.68. The Bertz CT molecular complexity index is 791. The summed E-state index contributed by atoms with van der Waals surface area (Å²) in [6.45, 7) is 7.30. The predicted molar refractivity (Wildman–Crippen MR) is 105 cm³/mol. The maximum Gasteiger partial charge on any atom is 0.135 e. The maximum atomic E-state index is 9.37. The highest BCUT2D eigenvalue weighted by Crippen LogP contribution is 2.48. The second kappa shape index (κ2) is 6.88. The predicted octanol–water partition coefficient (Wildman–Crippen LogP) is 3.83. The normalized spacial score (nSPS) is 22.4. The number of nitrogens with one attached hydrogen (secondary N) is 1. The molecule has 0 amide bonds. The Hall–Kier alpha value is -2.14. The minimum Gasteiger partial charge on any atom is -0.394 e. The molecule has 2 aliphatic heterocycles. The first-order valence-electron chi connectivity index (χ1n) is 9.68. The van der Waals surface area contributed by atoms with Crippen molar-refractivity contribution in [1.82, 2.24) is 9.97 Å².